The highest BCUT2D eigenvalue weighted by atomic mass is 16.5. The molecule has 2 rings (SSSR count). The molecule has 3 heteroatoms. The molecule has 3 nitrogen and oxygen atoms in total. The van der Waals surface area contributed by atoms with Crippen LogP contribution in [0.25, 0.3) is 0 Å². The van der Waals surface area contributed by atoms with Crippen molar-refractivity contribution in [1.29, 1.82) is 0 Å². The number of likely N-dealkylation sites (N-methyl/N-ethyl adjacent to an activating group) is 1. The van der Waals surface area contributed by atoms with Crippen LogP contribution in [0.15, 0.2) is 54.6 Å². The Morgan fingerprint density at radius 2 is 1.62 bits per heavy atom. The molecule has 1 atom stereocenters. The first-order valence-corrected chi connectivity index (χ1v) is 7.34. The summed E-state index contributed by atoms with van der Waals surface area (Å²) in [6.45, 7) is 4.82. The van der Waals surface area contributed by atoms with Gasteiger partial charge in [0.15, 0.2) is 0 Å². The average molecular weight is 284 g/mol. The average Bonchev–Trinajstić information content (AvgIpc) is 2.48. The van der Waals surface area contributed by atoms with Gasteiger partial charge in [0.05, 0.1) is 6.10 Å². The number of hydrogen-bond acceptors (Lipinski definition) is 3. The van der Waals surface area contributed by atoms with Gasteiger partial charge in [0.25, 0.3) is 0 Å². The van der Waals surface area contributed by atoms with Gasteiger partial charge < -0.3 is 15.4 Å². The lowest BCUT2D eigenvalue weighted by molar-refractivity contribution is 0.242. The number of anilines is 1. The van der Waals surface area contributed by atoms with Gasteiger partial charge in [-0.1, -0.05) is 30.3 Å². The highest BCUT2D eigenvalue weighted by molar-refractivity contribution is 5.45. The topological polar surface area (TPSA) is 38.5 Å². The summed E-state index contributed by atoms with van der Waals surface area (Å²) in [5.41, 5.74) is 8.60. The summed E-state index contributed by atoms with van der Waals surface area (Å²) in [6.07, 6.45) is 0.189. The van der Waals surface area contributed by atoms with Crippen molar-refractivity contribution < 1.29 is 4.74 Å². The number of rotatable bonds is 6. The van der Waals surface area contributed by atoms with Crippen LogP contribution in [0.3, 0.4) is 0 Å². The molecule has 2 N–H and O–H groups in total. The summed E-state index contributed by atoms with van der Waals surface area (Å²) >= 11 is 0. The SMILES string of the molecule is CC(C)Oc1ccc(C(N)CN(C)c2ccccc2)cc1. The van der Waals surface area contributed by atoms with E-state index in [2.05, 4.69) is 24.1 Å². The Bertz CT molecular complexity index is 537. The Morgan fingerprint density at radius 3 is 2.19 bits per heavy atom. The number of hydrogen-bond donors (Lipinski definition) is 1. The normalized spacial score (nSPS) is 12.2. The van der Waals surface area contributed by atoms with Crippen LogP contribution in [0, 0.1) is 0 Å². The van der Waals surface area contributed by atoms with E-state index in [0.717, 1.165) is 17.9 Å². The third-order valence-corrected chi connectivity index (χ3v) is 3.35. The first kappa shape index (κ1) is 15.4. The van der Waals surface area contributed by atoms with E-state index in [4.69, 9.17) is 10.5 Å². The molecule has 112 valence electrons. The predicted molar refractivity (Wildman–Crippen MR) is 88.8 cm³/mol. The van der Waals surface area contributed by atoms with Gasteiger partial charge in [0.1, 0.15) is 5.75 Å². The minimum atomic E-state index is -0.0247. The van der Waals surface area contributed by atoms with Crippen LogP contribution in [0.2, 0.25) is 0 Å². The van der Waals surface area contributed by atoms with Crippen molar-refractivity contribution in [1.82, 2.24) is 0 Å². The Kier molecular flexibility index (Phi) is 5.23. The predicted octanol–water partition coefficient (Wildman–Crippen LogP) is 3.61. The summed E-state index contributed by atoms with van der Waals surface area (Å²) in [7, 11) is 2.06. The van der Waals surface area contributed by atoms with Crippen molar-refractivity contribution in [3.05, 3.63) is 60.2 Å². The van der Waals surface area contributed by atoms with E-state index < -0.39 is 0 Å². The fourth-order valence-corrected chi connectivity index (χ4v) is 2.25. The zero-order chi connectivity index (χ0) is 15.2. The maximum atomic E-state index is 6.30. The van der Waals surface area contributed by atoms with Crippen LogP contribution < -0.4 is 15.4 Å². The summed E-state index contributed by atoms with van der Waals surface area (Å²) in [4.78, 5) is 2.17. The Hall–Kier alpha value is -2.00. The molecule has 0 fully saturated rings. The van der Waals surface area contributed by atoms with E-state index >= 15 is 0 Å². The third kappa shape index (κ3) is 4.50. The third-order valence-electron chi connectivity index (χ3n) is 3.35. The van der Waals surface area contributed by atoms with Gasteiger partial charge in [0.2, 0.25) is 0 Å². The van der Waals surface area contributed by atoms with E-state index in [0.29, 0.717) is 0 Å². The summed E-state index contributed by atoms with van der Waals surface area (Å²) in [5.74, 6) is 0.886. The largest absolute Gasteiger partial charge is 0.491 e. The van der Waals surface area contributed by atoms with E-state index in [9.17, 15) is 0 Å². The molecule has 0 spiro atoms. The molecule has 0 aliphatic heterocycles. The van der Waals surface area contributed by atoms with Gasteiger partial charge in [-0.2, -0.15) is 0 Å². The number of benzene rings is 2. The lowest BCUT2D eigenvalue weighted by atomic mass is 10.1. The molecule has 0 saturated heterocycles. The van der Waals surface area contributed by atoms with Crippen molar-refractivity contribution in [2.45, 2.75) is 26.0 Å². The molecule has 0 bridgehead atoms. The molecule has 0 aliphatic carbocycles. The van der Waals surface area contributed by atoms with Crippen molar-refractivity contribution >= 4 is 5.69 Å². The molecule has 2 aromatic carbocycles. The van der Waals surface area contributed by atoms with Crippen LogP contribution in [0.1, 0.15) is 25.5 Å². The van der Waals surface area contributed by atoms with Gasteiger partial charge in [-0.25, -0.2) is 0 Å². The molecule has 21 heavy (non-hydrogen) atoms. The Labute approximate surface area is 127 Å². The van der Waals surface area contributed by atoms with E-state index in [-0.39, 0.29) is 12.1 Å². The Balaban J connectivity index is 1.98. The van der Waals surface area contributed by atoms with Crippen LogP contribution in [-0.2, 0) is 0 Å². The Morgan fingerprint density at radius 1 is 1.00 bits per heavy atom. The first-order valence-electron chi connectivity index (χ1n) is 7.34. The lowest BCUT2D eigenvalue weighted by Crippen LogP contribution is -2.28. The molecule has 0 aromatic heterocycles. The van der Waals surface area contributed by atoms with Crippen molar-refractivity contribution in [2.75, 3.05) is 18.5 Å². The number of ether oxygens (including phenoxy) is 1. The van der Waals surface area contributed by atoms with E-state index in [1.165, 1.54) is 5.69 Å². The van der Waals surface area contributed by atoms with Crippen molar-refractivity contribution in [3.63, 3.8) is 0 Å². The second-order valence-electron chi connectivity index (χ2n) is 5.56. The van der Waals surface area contributed by atoms with Crippen molar-refractivity contribution in [3.8, 4) is 5.75 Å². The quantitative estimate of drug-likeness (QED) is 0.880. The maximum Gasteiger partial charge on any atom is 0.119 e. The smallest absolute Gasteiger partial charge is 0.119 e. The molecule has 0 radical (unpaired) electrons. The van der Waals surface area contributed by atoms with Gasteiger partial charge in [-0.3, -0.25) is 0 Å². The maximum absolute atomic E-state index is 6.30. The second kappa shape index (κ2) is 7.14. The van der Waals surface area contributed by atoms with Crippen LogP contribution in [0.5, 0.6) is 5.75 Å². The second-order valence-corrected chi connectivity index (χ2v) is 5.56. The molecule has 0 saturated carbocycles. The highest BCUT2D eigenvalue weighted by Gasteiger charge is 2.10. The zero-order valence-corrected chi connectivity index (χ0v) is 13.0. The zero-order valence-electron chi connectivity index (χ0n) is 13.0. The summed E-state index contributed by atoms with van der Waals surface area (Å²) in [5, 5.41) is 0. The number of nitrogens with zero attached hydrogens (tertiary/aromatic N) is 1. The molecular weight excluding hydrogens is 260 g/mol. The fourth-order valence-electron chi connectivity index (χ4n) is 2.25. The number of para-hydroxylation sites is 1. The summed E-state index contributed by atoms with van der Waals surface area (Å²) in [6, 6.07) is 18.3. The molecule has 0 heterocycles. The fraction of sp³-hybridized carbons (Fsp3) is 0.333. The first-order chi connectivity index (χ1) is 10.1. The van der Waals surface area contributed by atoms with Gasteiger partial charge in [0, 0.05) is 25.3 Å². The van der Waals surface area contributed by atoms with Crippen LogP contribution in [0.4, 0.5) is 5.69 Å². The van der Waals surface area contributed by atoms with Crippen molar-refractivity contribution in [2.24, 2.45) is 5.73 Å². The van der Waals surface area contributed by atoms with Crippen LogP contribution >= 0.6 is 0 Å². The van der Waals surface area contributed by atoms with Gasteiger partial charge in [-0.15, -0.1) is 0 Å². The monoisotopic (exact) mass is 284 g/mol. The van der Waals surface area contributed by atoms with E-state index in [1.54, 1.807) is 0 Å². The molecule has 1 unspecified atom stereocenters. The van der Waals surface area contributed by atoms with E-state index in [1.807, 2.05) is 56.3 Å². The minimum absolute atomic E-state index is 0.0247. The molecule has 2 aromatic rings. The van der Waals surface area contributed by atoms with Gasteiger partial charge >= 0.3 is 0 Å². The van der Waals surface area contributed by atoms with Crippen LogP contribution in [-0.4, -0.2) is 19.7 Å². The standard InChI is InChI=1S/C18H24N2O/c1-14(2)21-17-11-9-15(10-12-17)18(19)13-20(3)16-7-5-4-6-8-16/h4-12,14,18H,13,19H2,1-3H3. The molecule has 0 aliphatic rings. The number of nitrogens with two attached hydrogens (primary N) is 1. The minimum Gasteiger partial charge on any atom is -0.491 e. The highest BCUT2D eigenvalue weighted by Crippen LogP contribution is 2.20. The van der Waals surface area contributed by atoms with Gasteiger partial charge in [-0.05, 0) is 43.7 Å². The lowest BCUT2D eigenvalue weighted by Gasteiger charge is -2.23. The molecular formula is C18H24N2O. The summed E-state index contributed by atoms with van der Waals surface area (Å²) < 4.78 is 5.65. The molecule has 0 amide bonds.